The number of thiazole rings is 1. The van der Waals surface area contributed by atoms with E-state index >= 15 is 0 Å². The molecular formula is C17H17F2N3OS. The SMILES string of the molecule is O=C(NC1CN2CCC1CC2)c1cnc(-c2cccc(F)c2F)s1. The minimum atomic E-state index is -0.934. The summed E-state index contributed by atoms with van der Waals surface area (Å²) in [5.74, 6) is -1.50. The van der Waals surface area contributed by atoms with Crippen LogP contribution in [-0.2, 0) is 0 Å². The highest BCUT2D eigenvalue weighted by molar-refractivity contribution is 7.16. The van der Waals surface area contributed by atoms with Crippen molar-refractivity contribution < 1.29 is 13.6 Å². The van der Waals surface area contributed by atoms with E-state index in [0.717, 1.165) is 49.9 Å². The summed E-state index contributed by atoms with van der Waals surface area (Å²) in [4.78, 5) is 19.3. The molecule has 4 heterocycles. The predicted octanol–water partition coefficient (Wildman–Crippen LogP) is 2.91. The molecule has 3 saturated heterocycles. The highest BCUT2D eigenvalue weighted by Gasteiger charge is 2.35. The van der Waals surface area contributed by atoms with Gasteiger partial charge in [-0.05, 0) is 44.0 Å². The van der Waals surface area contributed by atoms with Gasteiger partial charge in [0.15, 0.2) is 11.6 Å². The lowest BCUT2D eigenvalue weighted by Crippen LogP contribution is -2.57. The summed E-state index contributed by atoms with van der Waals surface area (Å²) in [6.45, 7) is 3.11. The van der Waals surface area contributed by atoms with Crippen LogP contribution < -0.4 is 5.32 Å². The fraction of sp³-hybridized carbons (Fsp3) is 0.412. The van der Waals surface area contributed by atoms with Gasteiger partial charge in [0.2, 0.25) is 0 Å². The molecular weight excluding hydrogens is 332 g/mol. The van der Waals surface area contributed by atoms with Gasteiger partial charge in [-0.1, -0.05) is 6.07 Å². The van der Waals surface area contributed by atoms with Gasteiger partial charge in [-0.15, -0.1) is 11.3 Å². The zero-order valence-corrected chi connectivity index (χ0v) is 13.8. The molecule has 1 unspecified atom stereocenters. The molecule has 1 amide bonds. The van der Waals surface area contributed by atoms with Crippen molar-refractivity contribution in [2.75, 3.05) is 19.6 Å². The zero-order chi connectivity index (χ0) is 16.7. The summed E-state index contributed by atoms with van der Waals surface area (Å²) in [7, 11) is 0. The van der Waals surface area contributed by atoms with Crippen LogP contribution in [0.25, 0.3) is 10.6 Å². The largest absolute Gasteiger partial charge is 0.347 e. The van der Waals surface area contributed by atoms with Crippen molar-refractivity contribution in [2.45, 2.75) is 18.9 Å². The van der Waals surface area contributed by atoms with Gasteiger partial charge in [0.25, 0.3) is 5.91 Å². The first-order chi connectivity index (χ1) is 11.6. The van der Waals surface area contributed by atoms with E-state index in [1.165, 1.54) is 18.3 Å². The summed E-state index contributed by atoms with van der Waals surface area (Å²) in [6.07, 6.45) is 3.67. The van der Waals surface area contributed by atoms with Crippen LogP contribution in [0.3, 0.4) is 0 Å². The normalized spacial score (nSPS) is 25.7. The van der Waals surface area contributed by atoms with Gasteiger partial charge in [0.1, 0.15) is 9.88 Å². The Bertz CT molecular complexity index is 771. The van der Waals surface area contributed by atoms with Crippen LogP contribution in [0, 0.1) is 17.6 Å². The minimum absolute atomic E-state index is 0.0851. The number of carbonyl (C=O) groups excluding carboxylic acids is 1. The van der Waals surface area contributed by atoms with Crippen LogP contribution in [0.4, 0.5) is 8.78 Å². The van der Waals surface area contributed by atoms with Crippen molar-refractivity contribution in [2.24, 2.45) is 5.92 Å². The second-order valence-electron chi connectivity index (χ2n) is 6.35. The molecule has 7 heteroatoms. The van der Waals surface area contributed by atoms with Crippen LogP contribution in [0.1, 0.15) is 22.5 Å². The molecule has 0 saturated carbocycles. The van der Waals surface area contributed by atoms with E-state index < -0.39 is 11.6 Å². The molecule has 5 rings (SSSR count). The van der Waals surface area contributed by atoms with E-state index in [2.05, 4.69) is 15.2 Å². The Balaban J connectivity index is 1.50. The van der Waals surface area contributed by atoms with E-state index in [0.29, 0.717) is 15.8 Å². The smallest absolute Gasteiger partial charge is 0.263 e. The Morgan fingerprint density at radius 3 is 2.79 bits per heavy atom. The third-order valence-corrected chi connectivity index (χ3v) is 5.91. The molecule has 2 bridgehead atoms. The maximum atomic E-state index is 13.9. The second kappa shape index (κ2) is 6.22. The lowest BCUT2D eigenvalue weighted by molar-refractivity contribution is 0.0622. The van der Waals surface area contributed by atoms with E-state index in [4.69, 9.17) is 0 Å². The molecule has 0 radical (unpaired) electrons. The fourth-order valence-electron chi connectivity index (χ4n) is 3.54. The van der Waals surface area contributed by atoms with Crippen LogP contribution in [-0.4, -0.2) is 41.5 Å². The molecule has 1 N–H and O–H groups in total. The third kappa shape index (κ3) is 2.82. The number of piperidine rings is 3. The molecule has 2 aromatic rings. The number of aromatic nitrogens is 1. The van der Waals surface area contributed by atoms with Crippen LogP contribution in [0.2, 0.25) is 0 Å². The van der Waals surface area contributed by atoms with E-state index in [1.807, 2.05) is 0 Å². The molecule has 1 atom stereocenters. The van der Waals surface area contributed by atoms with Crippen molar-refractivity contribution in [3.8, 4) is 10.6 Å². The highest BCUT2D eigenvalue weighted by atomic mass is 32.1. The van der Waals surface area contributed by atoms with Gasteiger partial charge in [-0.25, -0.2) is 13.8 Å². The average Bonchev–Trinajstić information content (AvgIpc) is 3.08. The molecule has 0 aliphatic carbocycles. The Hall–Kier alpha value is -1.86. The number of benzene rings is 1. The predicted molar refractivity (Wildman–Crippen MR) is 87.9 cm³/mol. The number of amides is 1. The van der Waals surface area contributed by atoms with Crippen LogP contribution >= 0.6 is 11.3 Å². The zero-order valence-electron chi connectivity index (χ0n) is 13.0. The second-order valence-corrected chi connectivity index (χ2v) is 7.38. The number of fused-ring (bicyclic) bond motifs is 3. The maximum Gasteiger partial charge on any atom is 0.263 e. The molecule has 0 spiro atoms. The average molecular weight is 349 g/mol. The van der Waals surface area contributed by atoms with Crippen molar-refractivity contribution in [1.82, 2.24) is 15.2 Å². The summed E-state index contributed by atoms with van der Waals surface area (Å²) in [5.41, 5.74) is 0.0851. The van der Waals surface area contributed by atoms with E-state index in [-0.39, 0.29) is 17.5 Å². The van der Waals surface area contributed by atoms with Gasteiger partial charge in [0, 0.05) is 18.2 Å². The van der Waals surface area contributed by atoms with Crippen molar-refractivity contribution in [1.29, 1.82) is 0 Å². The topological polar surface area (TPSA) is 45.2 Å². The number of nitrogens with one attached hydrogen (secondary N) is 1. The first-order valence-electron chi connectivity index (χ1n) is 8.05. The molecule has 3 aliphatic heterocycles. The monoisotopic (exact) mass is 349 g/mol. The number of hydrogen-bond acceptors (Lipinski definition) is 4. The molecule has 3 fully saturated rings. The van der Waals surface area contributed by atoms with Crippen molar-refractivity contribution in [3.63, 3.8) is 0 Å². The van der Waals surface area contributed by atoms with E-state index in [9.17, 15) is 13.6 Å². The van der Waals surface area contributed by atoms with Crippen molar-refractivity contribution in [3.05, 3.63) is 40.9 Å². The Morgan fingerprint density at radius 1 is 1.29 bits per heavy atom. The van der Waals surface area contributed by atoms with Gasteiger partial charge in [0.05, 0.1) is 6.20 Å². The number of nitrogens with zero attached hydrogens (tertiary/aromatic N) is 2. The lowest BCUT2D eigenvalue weighted by Gasteiger charge is -2.44. The summed E-state index contributed by atoms with van der Waals surface area (Å²) in [6, 6.07) is 4.12. The molecule has 24 heavy (non-hydrogen) atoms. The number of halogens is 2. The maximum absolute atomic E-state index is 13.9. The lowest BCUT2D eigenvalue weighted by atomic mass is 9.84. The molecule has 1 aromatic carbocycles. The van der Waals surface area contributed by atoms with Crippen LogP contribution in [0.15, 0.2) is 24.4 Å². The third-order valence-electron chi connectivity index (χ3n) is 4.88. The van der Waals surface area contributed by atoms with Gasteiger partial charge in [-0.3, -0.25) is 4.79 Å². The van der Waals surface area contributed by atoms with Crippen molar-refractivity contribution >= 4 is 17.2 Å². The first-order valence-corrected chi connectivity index (χ1v) is 8.87. The highest BCUT2D eigenvalue weighted by Crippen LogP contribution is 2.30. The molecule has 126 valence electrons. The quantitative estimate of drug-likeness (QED) is 0.927. The number of hydrogen-bond donors (Lipinski definition) is 1. The molecule has 4 nitrogen and oxygen atoms in total. The molecule has 3 aliphatic rings. The Kier molecular flexibility index (Phi) is 4.05. The summed E-state index contributed by atoms with van der Waals surface area (Å²) < 4.78 is 27.2. The Labute approximate surface area is 142 Å². The van der Waals surface area contributed by atoms with Gasteiger partial charge < -0.3 is 10.2 Å². The minimum Gasteiger partial charge on any atom is -0.347 e. The first kappa shape index (κ1) is 15.7. The van der Waals surface area contributed by atoms with Gasteiger partial charge >= 0.3 is 0 Å². The number of carbonyl (C=O) groups is 1. The summed E-state index contributed by atoms with van der Waals surface area (Å²) >= 11 is 1.08. The van der Waals surface area contributed by atoms with Crippen LogP contribution in [0.5, 0.6) is 0 Å². The van der Waals surface area contributed by atoms with E-state index in [1.54, 1.807) is 0 Å². The summed E-state index contributed by atoms with van der Waals surface area (Å²) in [5, 5.41) is 3.39. The Morgan fingerprint density at radius 2 is 2.08 bits per heavy atom. The molecule has 1 aromatic heterocycles. The van der Waals surface area contributed by atoms with Gasteiger partial charge in [-0.2, -0.15) is 0 Å². The fourth-order valence-corrected chi connectivity index (χ4v) is 4.38. The standard InChI is InChI=1S/C17H17F2N3OS/c18-12-3-1-2-11(15(12)19)17-20-8-14(24-17)16(23)21-13-9-22-6-4-10(13)5-7-22/h1-3,8,10,13H,4-7,9H2,(H,21,23). The number of rotatable bonds is 3.